The second-order valence-corrected chi connectivity index (χ2v) is 7.69. The Balaban J connectivity index is 1.59. The zero-order valence-electron chi connectivity index (χ0n) is 15.9. The number of hydrogen-bond donors (Lipinski definition) is 1. The van der Waals surface area contributed by atoms with E-state index < -0.39 is 6.36 Å². The quantitative estimate of drug-likeness (QED) is 0.804. The summed E-state index contributed by atoms with van der Waals surface area (Å²) in [5.41, 5.74) is 1.88. The van der Waals surface area contributed by atoms with Crippen molar-refractivity contribution >= 4 is 11.6 Å². The highest BCUT2D eigenvalue weighted by Crippen LogP contribution is 2.39. The molecule has 1 saturated carbocycles. The van der Waals surface area contributed by atoms with E-state index in [4.69, 9.17) is 4.98 Å². The number of benzene rings is 1. The van der Waals surface area contributed by atoms with Crippen molar-refractivity contribution < 1.29 is 17.9 Å². The Labute approximate surface area is 161 Å². The van der Waals surface area contributed by atoms with Gasteiger partial charge < -0.3 is 15.0 Å². The van der Waals surface area contributed by atoms with Gasteiger partial charge in [0.1, 0.15) is 23.2 Å². The lowest BCUT2D eigenvalue weighted by Crippen LogP contribution is -2.31. The Bertz CT molecular complexity index is 865. The summed E-state index contributed by atoms with van der Waals surface area (Å²) in [6, 6.07) is 6.74. The molecule has 28 heavy (non-hydrogen) atoms. The number of halogens is 3. The van der Waals surface area contributed by atoms with Crippen LogP contribution in [-0.2, 0) is 13.0 Å². The number of anilines is 2. The molecule has 2 aromatic rings. The van der Waals surface area contributed by atoms with Crippen LogP contribution in [0.1, 0.15) is 49.6 Å². The highest BCUT2D eigenvalue weighted by molar-refractivity contribution is 5.53. The van der Waals surface area contributed by atoms with Crippen LogP contribution < -0.4 is 15.0 Å². The van der Waals surface area contributed by atoms with Crippen LogP contribution in [0.4, 0.5) is 24.8 Å². The summed E-state index contributed by atoms with van der Waals surface area (Å²) < 4.78 is 41.7. The molecule has 2 heterocycles. The van der Waals surface area contributed by atoms with E-state index in [1.54, 1.807) is 6.07 Å². The van der Waals surface area contributed by atoms with Gasteiger partial charge in [-0.15, -0.1) is 13.2 Å². The van der Waals surface area contributed by atoms with E-state index in [2.05, 4.69) is 33.8 Å². The van der Waals surface area contributed by atoms with E-state index in [9.17, 15) is 13.2 Å². The first-order valence-electron chi connectivity index (χ1n) is 9.55. The Morgan fingerprint density at radius 2 is 1.93 bits per heavy atom. The van der Waals surface area contributed by atoms with Gasteiger partial charge in [0.15, 0.2) is 0 Å². The van der Waals surface area contributed by atoms with Crippen LogP contribution >= 0.6 is 0 Å². The van der Waals surface area contributed by atoms with Crippen LogP contribution in [0.5, 0.6) is 5.75 Å². The lowest BCUT2D eigenvalue weighted by Gasteiger charge is -2.30. The molecular weight excluding hydrogens is 369 g/mol. The van der Waals surface area contributed by atoms with Gasteiger partial charge in [0.2, 0.25) is 0 Å². The second-order valence-electron chi connectivity index (χ2n) is 7.69. The number of aromatic nitrogens is 2. The third-order valence-corrected chi connectivity index (χ3v) is 4.86. The molecule has 2 aliphatic rings. The first kappa shape index (κ1) is 18.8. The van der Waals surface area contributed by atoms with Gasteiger partial charge in [-0.3, -0.25) is 0 Å². The van der Waals surface area contributed by atoms with Gasteiger partial charge in [0.25, 0.3) is 0 Å². The van der Waals surface area contributed by atoms with Crippen LogP contribution in [0.25, 0.3) is 0 Å². The highest BCUT2D eigenvalue weighted by atomic mass is 19.4. The largest absolute Gasteiger partial charge is 0.573 e. The zero-order valence-corrected chi connectivity index (χ0v) is 15.9. The molecule has 5 nitrogen and oxygen atoms in total. The summed E-state index contributed by atoms with van der Waals surface area (Å²) in [4.78, 5) is 11.5. The average Bonchev–Trinajstić information content (AvgIpc) is 3.44. The topological polar surface area (TPSA) is 50.3 Å². The van der Waals surface area contributed by atoms with E-state index in [0.717, 1.165) is 54.4 Å². The molecule has 0 atom stereocenters. The zero-order chi connectivity index (χ0) is 19.9. The Hall–Kier alpha value is -2.51. The molecule has 1 aliphatic carbocycles. The fraction of sp³-hybridized carbons (Fsp3) is 0.500. The van der Waals surface area contributed by atoms with Crippen molar-refractivity contribution in [3.8, 4) is 5.75 Å². The highest BCUT2D eigenvalue weighted by Gasteiger charge is 2.32. The van der Waals surface area contributed by atoms with Gasteiger partial charge in [0, 0.05) is 31.1 Å². The van der Waals surface area contributed by atoms with Gasteiger partial charge in [0.05, 0.1) is 0 Å². The SMILES string of the molecule is CC(C)Nc1cc(N2CCc3ccc(OC(F)(F)F)cc3C2)nc(C2CC2)n1. The molecule has 0 spiro atoms. The summed E-state index contributed by atoms with van der Waals surface area (Å²) in [6.07, 6.45) is -1.74. The normalized spacial score (nSPS) is 16.9. The van der Waals surface area contributed by atoms with Crippen LogP contribution in [-0.4, -0.2) is 28.9 Å². The second kappa shape index (κ2) is 7.14. The number of hydrogen-bond acceptors (Lipinski definition) is 5. The summed E-state index contributed by atoms with van der Waals surface area (Å²) in [6.45, 7) is 5.36. The van der Waals surface area contributed by atoms with Crippen LogP contribution in [0, 0.1) is 0 Å². The molecule has 4 rings (SSSR count). The van der Waals surface area contributed by atoms with Crippen molar-refractivity contribution in [1.29, 1.82) is 0 Å². The van der Waals surface area contributed by atoms with Crippen LogP contribution in [0.2, 0.25) is 0 Å². The summed E-state index contributed by atoms with van der Waals surface area (Å²) in [7, 11) is 0. The van der Waals surface area contributed by atoms with E-state index in [-0.39, 0.29) is 11.8 Å². The minimum Gasteiger partial charge on any atom is -0.406 e. The number of rotatable bonds is 5. The molecule has 0 saturated heterocycles. The number of nitrogens with zero attached hydrogens (tertiary/aromatic N) is 3. The Morgan fingerprint density at radius 3 is 2.61 bits per heavy atom. The maximum absolute atomic E-state index is 12.5. The molecule has 0 radical (unpaired) electrons. The van der Waals surface area contributed by atoms with E-state index in [1.165, 1.54) is 12.1 Å². The molecule has 150 valence electrons. The van der Waals surface area contributed by atoms with Crippen LogP contribution in [0.3, 0.4) is 0 Å². The maximum Gasteiger partial charge on any atom is 0.573 e. The van der Waals surface area contributed by atoms with Gasteiger partial charge in [-0.2, -0.15) is 0 Å². The van der Waals surface area contributed by atoms with Crippen molar-refractivity contribution in [2.75, 3.05) is 16.8 Å². The Kier molecular flexibility index (Phi) is 4.81. The fourth-order valence-corrected chi connectivity index (χ4v) is 3.43. The molecule has 1 fully saturated rings. The Morgan fingerprint density at radius 1 is 1.14 bits per heavy atom. The van der Waals surface area contributed by atoms with Gasteiger partial charge in [-0.1, -0.05) is 6.07 Å². The lowest BCUT2D eigenvalue weighted by atomic mass is 9.99. The van der Waals surface area contributed by atoms with Crippen molar-refractivity contribution in [2.45, 2.75) is 58.0 Å². The molecule has 0 bridgehead atoms. The smallest absolute Gasteiger partial charge is 0.406 e. The van der Waals surface area contributed by atoms with Crippen LogP contribution in [0.15, 0.2) is 24.3 Å². The minimum atomic E-state index is -4.69. The number of alkyl halides is 3. The molecule has 0 amide bonds. The average molecular weight is 392 g/mol. The predicted molar refractivity (Wildman–Crippen MR) is 101 cm³/mol. The molecule has 8 heteroatoms. The number of fused-ring (bicyclic) bond motifs is 1. The van der Waals surface area contributed by atoms with Gasteiger partial charge in [-0.05, 0) is 56.4 Å². The third kappa shape index (κ3) is 4.48. The van der Waals surface area contributed by atoms with E-state index in [1.807, 2.05) is 6.07 Å². The van der Waals surface area contributed by atoms with Crippen molar-refractivity contribution in [3.63, 3.8) is 0 Å². The summed E-state index contributed by atoms with van der Waals surface area (Å²) in [5, 5.41) is 3.34. The van der Waals surface area contributed by atoms with Crippen molar-refractivity contribution in [2.24, 2.45) is 0 Å². The molecule has 1 aromatic carbocycles. The number of nitrogens with one attached hydrogen (secondary N) is 1. The molecular formula is C20H23F3N4O. The molecule has 1 N–H and O–H groups in total. The summed E-state index contributed by atoms with van der Waals surface area (Å²) in [5.74, 6) is 2.68. The first-order chi connectivity index (χ1) is 13.3. The van der Waals surface area contributed by atoms with E-state index in [0.29, 0.717) is 12.5 Å². The van der Waals surface area contributed by atoms with E-state index >= 15 is 0 Å². The molecule has 0 unspecified atom stereocenters. The monoisotopic (exact) mass is 392 g/mol. The minimum absolute atomic E-state index is 0.184. The van der Waals surface area contributed by atoms with Crippen molar-refractivity contribution in [1.82, 2.24) is 9.97 Å². The summed E-state index contributed by atoms with van der Waals surface area (Å²) >= 11 is 0. The van der Waals surface area contributed by atoms with Gasteiger partial charge in [-0.25, -0.2) is 9.97 Å². The van der Waals surface area contributed by atoms with Crippen molar-refractivity contribution in [3.05, 3.63) is 41.2 Å². The molecule has 1 aromatic heterocycles. The molecule has 1 aliphatic heterocycles. The first-order valence-corrected chi connectivity index (χ1v) is 9.55. The standard InChI is InChI=1S/C20H23F3N4O/c1-12(2)24-17-10-18(26-19(25-17)14-3-4-14)27-8-7-13-5-6-16(9-15(13)11-27)28-20(21,22)23/h5-6,9-10,12,14H,3-4,7-8,11H2,1-2H3,(H,24,25,26). The number of ether oxygens (including phenoxy) is 1. The fourth-order valence-electron chi connectivity index (χ4n) is 3.43. The van der Waals surface area contributed by atoms with Gasteiger partial charge >= 0.3 is 6.36 Å². The third-order valence-electron chi connectivity index (χ3n) is 4.86. The predicted octanol–water partition coefficient (Wildman–Crippen LogP) is 4.64. The maximum atomic E-state index is 12.5. The lowest BCUT2D eigenvalue weighted by molar-refractivity contribution is -0.274.